The number of hydrogen-bond acceptors (Lipinski definition) is 5. The minimum Gasteiger partial charge on any atom is -0.497 e. The Labute approximate surface area is 186 Å². The Balaban J connectivity index is 1.33. The quantitative estimate of drug-likeness (QED) is 0.700. The van der Waals surface area contributed by atoms with Crippen molar-refractivity contribution in [1.82, 2.24) is 20.4 Å². The highest BCUT2D eigenvalue weighted by Crippen LogP contribution is 2.31. The van der Waals surface area contributed by atoms with Crippen molar-refractivity contribution in [2.75, 3.05) is 20.2 Å². The largest absolute Gasteiger partial charge is 0.497 e. The van der Waals surface area contributed by atoms with Gasteiger partial charge in [-0.05, 0) is 49.9 Å². The zero-order chi connectivity index (χ0) is 22.4. The molecule has 4 fully saturated rings. The number of rotatable bonds is 4. The molecule has 2 N–H and O–H groups in total. The van der Waals surface area contributed by atoms with Crippen LogP contribution in [-0.4, -0.2) is 77.8 Å². The van der Waals surface area contributed by atoms with Crippen molar-refractivity contribution in [3.8, 4) is 5.75 Å². The van der Waals surface area contributed by atoms with Crippen LogP contribution in [-0.2, 0) is 14.4 Å². The van der Waals surface area contributed by atoms with E-state index in [9.17, 15) is 19.2 Å². The standard InChI is InChI=1S/C23H28N4O5/c1-32-16-7-5-14(6-8-16)22(30)26-10-9-17-19(26)23(31)27-12-15(11-18(27)21(29)25-17)24-20(28)13-3-2-4-13/h5-8,13,15,17-19H,2-4,9-12H2,1H3,(H,24,28)(H,25,29)/t15-,17+,18+,19-/m0/s1. The molecular weight excluding hydrogens is 412 g/mol. The van der Waals surface area contributed by atoms with Crippen molar-refractivity contribution in [2.24, 2.45) is 5.92 Å². The second-order valence-electron chi connectivity index (χ2n) is 9.15. The van der Waals surface area contributed by atoms with Gasteiger partial charge in [0, 0.05) is 30.6 Å². The highest BCUT2D eigenvalue weighted by atomic mass is 16.5. The molecular formula is C23H28N4O5. The summed E-state index contributed by atoms with van der Waals surface area (Å²) < 4.78 is 5.15. The Kier molecular flexibility index (Phi) is 5.27. The third-order valence-corrected chi connectivity index (χ3v) is 7.29. The van der Waals surface area contributed by atoms with E-state index in [1.807, 2.05) is 0 Å². The third kappa shape index (κ3) is 3.49. The van der Waals surface area contributed by atoms with Gasteiger partial charge in [0.2, 0.25) is 17.7 Å². The molecule has 3 saturated heterocycles. The van der Waals surface area contributed by atoms with Gasteiger partial charge < -0.3 is 25.2 Å². The zero-order valence-electron chi connectivity index (χ0n) is 18.1. The minimum atomic E-state index is -0.736. The van der Waals surface area contributed by atoms with E-state index in [-0.39, 0.29) is 35.6 Å². The maximum absolute atomic E-state index is 13.5. The summed E-state index contributed by atoms with van der Waals surface area (Å²) in [6.07, 6.45) is 3.81. The molecule has 4 amide bonds. The molecule has 0 radical (unpaired) electrons. The van der Waals surface area contributed by atoms with Gasteiger partial charge >= 0.3 is 0 Å². The van der Waals surface area contributed by atoms with Crippen LogP contribution < -0.4 is 15.4 Å². The summed E-state index contributed by atoms with van der Waals surface area (Å²) in [6, 6.07) is 4.79. The number of nitrogens with one attached hydrogen (secondary N) is 2. The molecule has 3 heterocycles. The van der Waals surface area contributed by atoms with Gasteiger partial charge in [0.25, 0.3) is 5.91 Å². The Bertz CT molecular complexity index is 944. The maximum atomic E-state index is 13.5. The molecule has 0 aromatic heterocycles. The number of carbonyl (C=O) groups is 4. The summed E-state index contributed by atoms with van der Waals surface area (Å²) in [4.78, 5) is 55.1. The SMILES string of the molecule is COc1ccc(C(=O)N2CC[C@H]3NC(=O)[C@H]4C[C@H](NC(=O)C5CCC5)CN4C(=O)[C@H]32)cc1. The lowest BCUT2D eigenvalue weighted by Gasteiger charge is -2.29. The smallest absolute Gasteiger partial charge is 0.254 e. The van der Waals surface area contributed by atoms with Crippen LogP contribution in [0.25, 0.3) is 0 Å². The van der Waals surface area contributed by atoms with E-state index < -0.39 is 18.1 Å². The normalized spacial score (nSPS) is 29.5. The number of amides is 4. The van der Waals surface area contributed by atoms with Gasteiger partial charge in [-0.3, -0.25) is 19.2 Å². The van der Waals surface area contributed by atoms with E-state index in [0.29, 0.717) is 37.2 Å². The Morgan fingerprint density at radius 1 is 1.12 bits per heavy atom. The first kappa shape index (κ1) is 20.8. The fraction of sp³-hybridized carbons (Fsp3) is 0.565. The molecule has 3 aliphatic heterocycles. The van der Waals surface area contributed by atoms with Crippen molar-refractivity contribution in [2.45, 2.75) is 56.3 Å². The minimum absolute atomic E-state index is 0.0156. The van der Waals surface area contributed by atoms with Crippen LogP contribution in [0.3, 0.4) is 0 Å². The number of likely N-dealkylation sites (tertiary alicyclic amines) is 1. The molecule has 1 aliphatic carbocycles. The van der Waals surface area contributed by atoms with Crippen LogP contribution in [0.15, 0.2) is 24.3 Å². The van der Waals surface area contributed by atoms with Crippen LogP contribution in [0, 0.1) is 5.92 Å². The third-order valence-electron chi connectivity index (χ3n) is 7.29. The van der Waals surface area contributed by atoms with Gasteiger partial charge in [-0.2, -0.15) is 0 Å². The molecule has 5 rings (SSSR count). The molecule has 0 unspecified atom stereocenters. The van der Waals surface area contributed by atoms with Crippen LogP contribution in [0.4, 0.5) is 0 Å². The number of benzene rings is 1. The summed E-state index contributed by atoms with van der Waals surface area (Å²) in [7, 11) is 1.56. The van der Waals surface area contributed by atoms with Crippen molar-refractivity contribution in [3.05, 3.63) is 29.8 Å². The highest BCUT2D eigenvalue weighted by Gasteiger charge is 2.52. The van der Waals surface area contributed by atoms with Crippen molar-refractivity contribution in [3.63, 3.8) is 0 Å². The summed E-state index contributed by atoms with van der Waals surface area (Å²) in [5, 5.41) is 6.01. The Hall–Kier alpha value is -3.10. The molecule has 4 aliphatic rings. The van der Waals surface area contributed by atoms with Gasteiger partial charge in [0.1, 0.15) is 17.8 Å². The number of methoxy groups -OCH3 is 1. The summed E-state index contributed by atoms with van der Waals surface area (Å²) in [6.45, 7) is 0.690. The number of nitrogens with zero attached hydrogens (tertiary/aromatic N) is 2. The lowest BCUT2D eigenvalue weighted by atomic mass is 9.84. The number of fused-ring (bicyclic) bond motifs is 2. The average Bonchev–Trinajstić information content (AvgIpc) is 3.34. The Morgan fingerprint density at radius 2 is 1.88 bits per heavy atom. The van der Waals surface area contributed by atoms with Crippen molar-refractivity contribution >= 4 is 23.6 Å². The maximum Gasteiger partial charge on any atom is 0.254 e. The molecule has 32 heavy (non-hydrogen) atoms. The molecule has 9 nitrogen and oxygen atoms in total. The molecule has 1 saturated carbocycles. The first-order chi connectivity index (χ1) is 15.5. The molecule has 4 atom stereocenters. The first-order valence-electron chi connectivity index (χ1n) is 11.3. The number of ether oxygens (including phenoxy) is 1. The van der Waals surface area contributed by atoms with E-state index in [1.54, 1.807) is 41.2 Å². The zero-order valence-corrected chi connectivity index (χ0v) is 18.1. The second kappa shape index (κ2) is 8.11. The highest BCUT2D eigenvalue weighted by molar-refractivity contribution is 6.01. The average molecular weight is 441 g/mol. The van der Waals surface area contributed by atoms with Gasteiger partial charge in [0.05, 0.1) is 13.2 Å². The molecule has 0 bridgehead atoms. The monoisotopic (exact) mass is 440 g/mol. The molecule has 0 spiro atoms. The Morgan fingerprint density at radius 3 is 2.53 bits per heavy atom. The van der Waals surface area contributed by atoms with E-state index in [1.165, 1.54) is 0 Å². The lowest BCUT2D eigenvalue weighted by Crippen LogP contribution is -2.52. The molecule has 170 valence electrons. The number of hydrogen-bond donors (Lipinski definition) is 2. The fourth-order valence-corrected chi connectivity index (χ4v) is 5.25. The topological polar surface area (TPSA) is 108 Å². The lowest BCUT2D eigenvalue weighted by molar-refractivity contribution is -0.138. The van der Waals surface area contributed by atoms with Crippen molar-refractivity contribution in [1.29, 1.82) is 0 Å². The van der Waals surface area contributed by atoms with E-state index in [0.717, 1.165) is 19.3 Å². The molecule has 1 aromatic rings. The van der Waals surface area contributed by atoms with E-state index in [4.69, 9.17) is 4.74 Å². The van der Waals surface area contributed by atoms with E-state index >= 15 is 0 Å². The van der Waals surface area contributed by atoms with Gasteiger partial charge in [-0.15, -0.1) is 0 Å². The van der Waals surface area contributed by atoms with Crippen LogP contribution in [0.1, 0.15) is 42.5 Å². The van der Waals surface area contributed by atoms with Gasteiger partial charge in [-0.1, -0.05) is 6.42 Å². The second-order valence-corrected chi connectivity index (χ2v) is 9.15. The van der Waals surface area contributed by atoms with Crippen molar-refractivity contribution < 1.29 is 23.9 Å². The van der Waals surface area contributed by atoms with E-state index in [2.05, 4.69) is 10.6 Å². The van der Waals surface area contributed by atoms with Gasteiger partial charge in [0.15, 0.2) is 0 Å². The fourth-order valence-electron chi connectivity index (χ4n) is 5.25. The van der Waals surface area contributed by atoms with Crippen LogP contribution in [0.5, 0.6) is 5.75 Å². The summed E-state index contributed by atoms with van der Waals surface area (Å²) in [5.74, 6) is 0.0467. The predicted octanol–water partition coefficient (Wildman–Crippen LogP) is 0.294. The summed E-state index contributed by atoms with van der Waals surface area (Å²) in [5.41, 5.74) is 0.471. The molecule has 1 aromatic carbocycles. The first-order valence-corrected chi connectivity index (χ1v) is 11.3. The molecule has 9 heteroatoms. The van der Waals surface area contributed by atoms with Crippen LogP contribution in [0.2, 0.25) is 0 Å². The van der Waals surface area contributed by atoms with Gasteiger partial charge in [-0.25, -0.2) is 0 Å². The van der Waals surface area contributed by atoms with Crippen LogP contribution >= 0.6 is 0 Å². The number of carbonyl (C=O) groups excluding carboxylic acids is 4. The summed E-state index contributed by atoms with van der Waals surface area (Å²) >= 11 is 0. The predicted molar refractivity (Wildman–Crippen MR) is 114 cm³/mol.